The van der Waals surface area contributed by atoms with E-state index in [-0.39, 0.29) is 28.9 Å². The molecule has 1 aromatic rings. The maximum absolute atomic E-state index is 13.2. The molecule has 2 atom stereocenters. The van der Waals surface area contributed by atoms with Crippen LogP contribution in [-0.2, 0) is 4.79 Å². The van der Waals surface area contributed by atoms with Gasteiger partial charge >= 0.3 is 0 Å². The van der Waals surface area contributed by atoms with Crippen molar-refractivity contribution in [3.8, 4) is 0 Å². The number of nitrogens with zero attached hydrogens (tertiary/aromatic N) is 1. The molecule has 1 saturated heterocycles. The summed E-state index contributed by atoms with van der Waals surface area (Å²) in [6, 6.07) is 4.87. The van der Waals surface area contributed by atoms with Gasteiger partial charge in [0.05, 0.1) is 11.1 Å². The summed E-state index contributed by atoms with van der Waals surface area (Å²) in [5.74, 6) is -0.292. The minimum Gasteiger partial charge on any atom is -0.337 e. The Balaban J connectivity index is 2.18. The highest BCUT2D eigenvalue weighted by atomic mass is 35.5. The first-order chi connectivity index (χ1) is 9.40. The largest absolute Gasteiger partial charge is 0.337 e. The molecule has 1 unspecified atom stereocenters. The molecule has 0 spiro atoms. The second kappa shape index (κ2) is 6.10. The minimum absolute atomic E-state index is 0.00741. The maximum atomic E-state index is 13.2. The second-order valence-electron chi connectivity index (χ2n) is 5.63. The molecule has 2 rings (SSSR count). The highest BCUT2D eigenvalue weighted by Gasteiger charge is 2.30. The smallest absolute Gasteiger partial charge is 0.225 e. The summed E-state index contributed by atoms with van der Waals surface area (Å²) >= 11 is 5.83. The van der Waals surface area contributed by atoms with Gasteiger partial charge in [-0.3, -0.25) is 4.79 Å². The van der Waals surface area contributed by atoms with Gasteiger partial charge in [0.25, 0.3) is 0 Å². The second-order valence-corrected chi connectivity index (χ2v) is 6.04. The van der Waals surface area contributed by atoms with E-state index >= 15 is 0 Å². The molecule has 20 heavy (non-hydrogen) atoms. The van der Waals surface area contributed by atoms with Crippen molar-refractivity contribution in [3.63, 3.8) is 0 Å². The van der Waals surface area contributed by atoms with Gasteiger partial charge < -0.3 is 10.2 Å². The summed E-state index contributed by atoms with van der Waals surface area (Å²) in [4.78, 5) is 14.1. The van der Waals surface area contributed by atoms with Crippen LogP contribution in [0.5, 0.6) is 0 Å². The van der Waals surface area contributed by atoms with Crippen LogP contribution in [0.3, 0.4) is 0 Å². The van der Waals surface area contributed by atoms with Crippen LogP contribution < -0.4 is 5.32 Å². The van der Waals surface area contributed by atoms with Crippen molar-refractivity contribution in [1.29, 1.82) is 0 Å². The molecule has 1 aromatic carbocycles. The lowest BCUT2D eigenvalue weighted by molar-refractivity contribution is -0.138. The van der Waals surface area contributed by atoms with Crippen molar-refractivity contribution < 1.29 is 9.18 Å². The van der Waals surface area contributed by atoms with Crippen molar-refractivity contribution in [2.75, 3.05) is 13.1 Å². The average molecular weight is 299 g/mol. The number of benzene rings is 1. The summed E-state index contributed by atoms with van der Waals surface area (Å²) < 4.78 is 13.2. The molecule has 0 saturated carbocycles. The number of piperazine rings is 1. The molecular formula is C15H20ClFN2O. The summed E-state index contributed by atoms with van der Waals surface area (Å²) in [5.41, 5.74) is 0.907. The van der Waals surface area contributed by atoms with Crippen LogP contribution >= 0.6 is 11.6 Å². The van der Waals surface area contributed by atoms with Gasteiger partial charge in [-0.25, -0.2) is 4.39 Å². The number of carbonyl (C=O) groups is 1. The summed E-state index contributed by atoms with van der Waals surface area (Å²) in [7, 11) is 0. The quantitative estimate of drug-likeness (QED) is 0.910. The van der Waals surface area contributed by atoms with Gasteiger partial charge in [0.15, 0.2) is 0 Å². The normalized spacial score (nSPS) is 23.2. The number of rotatable bonds is 2. The number of hydrogen-bond acceptors (Lipinski definition) is 2. The van der Waals surface area contributed by atoms with Gasteiger partial charge in [-0.1, -0.05) is 31.5 Å². The van der Waals surface area contributed by atoms with E-state index in [9.17, 15) is 9.18 Å². The van der Waals surface area contributed by atoms with Crippen molar-refractivity contribution >= 4 is 17.5 Å². The summed E-state index contributed by atoms with van der Waals surface area (Å²) in [6.07, 6.45) is 0. The molecule has 1 N–H and O–H groups in total. The van der Waals surface area contributed by atoms with Crippen LogP contribution in [0.1, 0.15) is 32.4 Å². The molecule has 5 heteroatoms. The molecule has 1 amide bonds. The summed E-state index contributed by atoms with van der Waals surface area (Å²) in [5, 5.41) is 3.50. The van der Waals surface area contributed by atoms with E-state index in [1.165, 1.54) is 6.07 Å². The van der Waals surface area contributed by atoms with Crippen molar-refractivity contribution in [2.45, 2.75) is 32.9 Å². The zero-order chi connectivity index (χ0) is 14.9. The Morgan fingerprint density at radius 1 is 1.50 bits per heavy atom. The predicted molar refractivity (Wildman–Crippen MR) is 78.2 cm³/mol. The van der Waals surface area contributed by atoms with Gasteiger partial charge in [-0.15, -0.1) is 0 Å². The number of amides is 1. The predicted octanol–water partition coefficient (Wildman–Crippen LogP) is 3.00. The van der Waals surface area contributed by atoms with Crippen LogP contribution in [0.4, 0.5) is 4.39 Å². The van der Waals surface area contributed by atoms with E-state index in [4.69, 9.17) is 11.6 Å². The van der Waals surface area contributed by atoms with Crippen molar-refractivity contribution in [3.05, 3.63) is 34.6 Å². The highest BCUT2D eigenvalue weighted by Crippen LogP contribution is 2.25. The third kappa shape index (κ3) is 3.13. The van der Waals surface area contributed by atoms with E-state index in [0.717, 1.165) is 12.1 Å². The fourth-order valence-corrected chi connectivity index (χ4v) is 2.64. The molecule has 0 aliphatic carbocycles. The lowest BCUT2D eigenvalue weighted by Gasteiger charge is -2.40. The Kier molecular flexibility index (Phi) is 4.66. The van der Waals surface area contributed by atoms with E-state index in [2.05, 4.69) is 5.32 Å². The van der Waals surface area contributed by atoms with Crippen LogP contribution in [0.15, 0.2) is 18.2 Å². The molecule has 1 aliphatic heterocycles. The van der Waals surface area contributed by atoms with Crippen molar-refractivity contribution in [1.82, 2.24) is 10.2 Å². The Morgan fingerprint density at radius 2 is 2.20 bits per heavy atom. The Bertz CT molecular complexity index is 507. The lowest BCUT2D eigenvalue weighted by atomic mass is 10.0. The zero-order valence-corrected chi connectivity index (χ0v) is 12.7. The van der Waals surface area contributed by atoms with Gasteiger partial charge in [0.1, 0.15) is 5.82 Å². The first-order valence-corrected chi connectivity index (χ1v) is 7.26. The first kappa shape index (κ1) is 15.3. The third-order valence-electron chi connectivity index (χ3n) is 3.69. The lowest BCUT2D eigenvalue weighted by Crippen LogP contribution is -2.54. The third-order valence-corrected chi connectivity index (χ3v) is 3.98. The molecule has 1 fully saturated rings. The molecule has 1 aliphatic rings. The van der Waals surface area contributed by atoms with Gasteiger partial charge in [-0.2, -0.15) is 0 Å². The van der Waals surface area contributed by atoms with Crippen molar-refractivity contribution in [2.24, 2.45) is 5.92 Å². The first-order valence-electron chi connectivity index (χ1n) is 6.89. The van der Waals surface area contributed by atoms with E-state index in [0.29, 0.717) is 6.54 Å². The molecule has 110 valence electrons. The van der Waals surface area contributed by atoms with E-state index in [1.807, 2.05) is 25.7 Å². The zero-order valence-electron chi connectivity index (χ0n) is 12.0. The molecular weight excluding hydrogens is 279 g/mol. The molecule has 1 heterocycles. The molecule has 0 bridgehead atoms. The molecule has 3 nitrogen and oxygen atoms in total. The topological polar surface area (TPSA) is 32.3 Å². The van der Waals surface area contributed by atoms with Gasteiger partial charge in [-0.05, 0) is 24.6 Å². The highest BCUT2D eigenvalue weighted by molar-refractivity contribution is 6.30. The molecule has 0 radical (unpaired) electrons. The van der Waals surface area contributed by atoms with Gasteiger partial charge in [0.2, 0.25) is 5.91 Å². The van der Waals surface area contributed by atoms with Crippen LogP contribution in [0.2, 0.25) is 5.02 Å². The fraction of sp³-hybridized carbons (Fsp3) is 0.533. The van der Waals surface area contributed by atoms with E-state index in [1.54, 1.807) is 12.1 Å². The van der Waals surface area contributed by atoms with E-state index < -0.39 is 5.82 Å². The Labute approximate surface area is 124 Å². The standard InChI is InChI=1S/C15H20ClFN2O/c1-9(2)15(20)19-8-14(18-7-10(19)3)11-4-5-13(17)12(16)6-11/h4-6,9-10,14,18H,7-8H2,1-3H3/t10-,14?/m1/s1. The minimum atomic E-state index is -0.422. The van der Waals surface area contributed by atoms with Crippen LogP contribution in [0.25, 0.3) is 0 Å². The van der Waals surface area contributed by atoms with Gasteiger partial charge in [0, 0.05) is 25.0 Å². The maximum Gasteiger partial charge on any atom is 0.225 e. The van der Waals surface area contributed by atoms with Crippen LogP contribution in [0, 0.1) is 11.7 Å². The van der Waals surface area contributed by atoms with Crippen LogP contribution in [-0.4, -0.2) is 29.9 Å². The number of carbonyl (C=O) groups excluding carboxylic acids is 1. The monoisotopic (exact) mass is 298 g/mol. The fourth-order valence-electron chi connectivity index (χ4n) is 2.46. The number of halogens is 2. The Morgan fingerprint density at radius 3 is 2.80 bits per heavy atom. The molecule has 0 aromatic heterocycles. The Hall–Kier alpha value is -1.13. The average Bonchev–Trinajstić information content (AvgIpc) is 2.41. The summed E-state index contributed by atoms with van der Waals surface area (Å²) in [6.45, 7) is 7.14. The number of nitrogens with one attached hydrogen (secondary N) is 1. The SMILES string of the molecule is CC(C)C(=O)N1CC(c2ccc(F)c(Cl)c2)NC[C@H]1C. The number of hydrogen-bond donors (Lipinski definition) is 1.